The van der Waals surface area contributed by atoms with Crippen molar-refractivity contribution in [2.24, 2.45) is 5.73 Å². The molecule has 1 amide bonds. The lowest BCUT2D eigenvalue weighted by atomic mass is 10.2. The summed E-state index contributed by atoms with van der Waals surface area (Å²) < 4.78 is 23.7. The van der Waals surface area contributed by atoms with Crippen molar-refractivity contribution in [3.8, 4) is 0 Å². The van der Waals surface area contributed by atoms with Gasteiger partial charge in [0.2, 0.25) is 5.91 Å². The molecule has 6 nitrogen and oxygen atoms in total. The second kappa shape index (κ2) is 5.92. The van der Waals surface area contributed by atoms with E-state index in [1.54, 1.807) is 18.3 Å². The predicted molar refractivity (Wildman–Crippen MR) is 68.3 cm³/mol. The van der Waals surface area contributed by atoms with Gasteiger partial charge in [0.25, 0.3) is 0 Å². The molecule has 1 aromatic rings. The molecule has 0 saturated heterocycles. The second-order valence-electron chi connectivity index (χ2n) is 4.13. The first kappa shape index (κ1) is 14.6. The highest BCUT2D eigenvalue weighted by Crippen LogP contribution is 2.10. The van der Waals surface area contributed by atoms with Gasteiger partial charge in [0.15, 0.2) is 9.84 Å². The lowest BCUT2D eigenvalue weighted by Gasteiger charge is -2.11. The van der Waals surface area contributed by atoms with E-state index in [0.717, 1.165) is 0 Å². The number of sulfone groups is 1. The topological polar surface area (TPSA) is 93.4 Å². The zero-order valence-corrected chi connectivity index (χ0v) is 11.3. The van der Waals surface area contributed by atoms with Crippen LogP contribution < -0.4 is 5.73 Å². The Kier molecular flexibility index (Phi) is 4.80. The van der Waals surface area contributed by atoms with Crippen molar-refractivity contribution < 1.29 is 13.2 Å². The van der Waals surface area contributed by atoms with Crippen LogP contribution in [0.2, 0.25) is 0 Å². The molecular formula is C11H17N3O3S. The first-order valence-corrected chi connectivity index (χ1v) is 7.21. The monoisotopic (exact) mass is 271 g/mol. The molecule has 100 valence electrons. The molecule has 0 unspecified atom stereocenters. The maximum Gasteiger partial charge on any atom is 0.237 e. The smallest absolute Gasteiger partial charge is 0.237 e. The van der Waals surface area contributed by atoms with Crippen molar-refractivity contribution in [1.82, 2.24) is 9.88 Å². The van der Waals surface area contributed by atoms with Crippen LogP contribution in [0, 0.1) is 0 Å². The number of hydrogen-bond acceptors (Lipinski definition) is 5. The predicted octanol–water partition coefficient (Wildman–Crippen LogP) is -0.457. The molecule has 7 heteroatoms. The summed E-state index contributed by atoms with van der Waals surface area (Å²) in [6, 6.07) is 3.31. The highest BCUT2D eigenvalue weighted by atomic mass is 32.2. The van der Waals surface area contributed by atoms with E-state index >= 15 is 0 Å². The minimum Gasteiger partial charge on any atom is -0.348 e. The molecule has 0 saturated carbocycles. The summed E-state index contributed by atoms with van der Waals surface area (Å²) in [5.41, 5.74) is 6.57. The fourth-order valence-electron chi connectivity index (χ4n) is 1.39. The quantitative estimate of drug-likeness (QED) is 0.782. The third-order valence-corrected chi connectivity index (χ3v) is 3.83. The summed E-state index contributed by atoms with van der Waals surface area (Å²) in [6.07, 6.45) is 1.56. The molecule has 0 aliphatic carbocycles. The van der Waals surface area contributed by atoms with Gasteiger partial charge in [-0.15, -0.1) is 0 Å². The summed E-state index contributed by atoms with van der Waals surface area (Å²) in [7, 11) is -0.456. The third-order valence-electron chi connectivity index (χ3n) is 2.40. The van der Waals surface area contributed by atoms with Crippen molar-refractivity contribution in [1.29, 1.82) is 0 Å². The third kappa shape index (κ3) is 4.08. The Morgan fingerprint density at radius 3 is 2.67 bits per heavy atom. The molecule has 2 N–H and O–H groups in total. The number of nitrogens with zero attached hydrogens (tertiary/aromatic N) is 2. The Morgan fingerprint density at radius 1 is 1.44 bits per heavy atom. The Morgan fingerprint density at radius 2 is 2.11 bits per heavy atom. The van der Waals surface area contributed by atoms with Crippen LogP contribution >= 0.6 is 0 Å². The van der Waals surface area contributed by atoms with Gasteiger partial charge in [-0.25, -0.2) is 8.42 Å². The van der Waals surface area contributed by atoms with Gasteiger partial charge in [-0.3, -0.25) is 9.78 Å². The molecule has 18 heavy (non-hydrogen) atoms. The fourth-order valence-corrected chi connectivity index (χ4v) is 2.86. The van der Waals surface area contributed by atoms with Crippen molar-refractivity contribution in [2.45, 2.75) is 12.3 Å². The maximum absolute atomic E-state index is 11.9. The van der Waals surface area contributed by atoms with Crippen LogP contribution in [-0.4, -0.2) is 44.1 Å². The first-order chi connectivity index (χ1) is 8.35. The van der Waals surface area contributed by atoms with Gasteiger partial charge in [-0.05, 0) is 11.6 Å². The number of nitrogens with two attached hydrogens (primary N) is 1. The molecule has 0 radical (unpaired) electrons. The van der Waals surface area contributed by atoms with Crippen molar-refractivity contribution in [3.05, 3.63) is 29.6 Å². The Hall–Kier alpha value is -1.47. The molecule has 0 fully saturated rings. The summed E-state index contributed by atoms with van der Waals surface area (Å²) in [6.45, 7) is 0.174. The Bertz CT molecular complexity index is 526. The van der Waals surface area contributed by atoms with E-state index in [-0.39, 0.29) is 12.3 Å². The van der Waals surface area contributed by atoms with E-state index in [1.807, 2.05) is 0 Å². The van der Waals surface area contributed by atoms with Gasteiger partial charge in [0.05, 0.1) is 11.4 Å². The highest BCUT2D eigenvalue weighted by molar-refractivity contribution is 7.91. The molecule has 0 bridgehead atoms. The summed E-state index contributed by atoms with van der Waals surface area (Å²) in [4.78, 5) is 16.7. The lowest BCUT2D eigenvalue weighted by Crippen LogP contribution is -2.30. The Balaban J connectivity index is 2.86. The van der Waals surface area contributed by atoms with Crippen molar-refractivity contribution in [3.63, 3.8) is 0 Å². The van der Waals surface area contributed by atoms with E-state index in [1.165, 1.54) is 19.0 Å². The molecule has 0 atom stereocenters. The molecule has 0 aliphatic heterocycles. The second-order valence-corrected chi connectivity index (χ2v) is 6.20. The minimum absolute atomic E-state index is 0.174. The minimum atomic E-state index is -3.50. The number of pyridine rings is 1. The number of carbonyl (C=O) groups excluding carboxylic acids is 1. The van der Waals surface area contributed by atoms with Crippen LogP contribution in [0.4, 0.5) is 0 Å². The van der Waals surface area contributed by atoms with Crippen LogP contribution in [0.5, 0.6) is 0 Å². The van der Waals surface area contributed by atoms with Crippen LogP contribution in [0.25, 0.3) is 0 Å². The van der Waals surface area contributed by atoms with Gasteiger partial charge < -0.3 is 10.6 Å². The zero-order chi connectivity index (χ0) is 13.8. The van der Waals surface area contributed by atoms with Gasteiger partial charge in [-0.2, -0.15) is 0 Å². The van der Waals surface area contributed by atoms with Gasteiger partial charge in [0, 0.05) is 26.8 Å². The SMILES string of the molecule is CN(C)C(=O)CS(=O)(=O)Cc1cccnc1CN. The molecular weight excluding hydrogens is 254 g/mol. The molecule has 1 rings (SSSR count). The van der Waals surface area contributed by atoms with E-state index in [0.29, 0.717) is 11.3 Å². The van der Waals surface area contributed by atoms with Crippen LogP contribution in [0.1, 0.15) is 11.3 Å². The van der Waals surface area contributed by atoms with Crippen LogP contribution in [-0.2, 0) is 26.9 Å². The number of carbonyl (C=O) groups is 1. The number of rotatable bonds is 5. The van der Waals surface area contributed by atoms with Crippen LogP contribution in [0.15, 0.2) is 18.3 Å². The van der Waals surface area contributed by atoms with E-state index < -0.39 is 21.5 Å². The zero-order valence-electron chi connectivity index (χ0n) is 10.5. The molecule has 0 aromatic carbocycles. The summed E-state index contributed by atoms with van der Waals surface area (Å²) in [5.74, 6) is -1.15. The fraction of sp³-hybridized carbons (Fsp3) is 0.455. The molecule has 1 aromatic heterocycles. The molecule has 1 heterocycles. The number of amides is 1. The summed E-state index contributed by atoms with van der Waals surface area (Å²) in [5, 5.41) is 0. The average Bonchev–Trinajstić information content (AvgIpc) is 2.28. The summed E-state index contributed by atoms with van der Waals surface area (Å²) >= 11 is 0. The standard InChI is InChI=1S/C11H17N3O3S/c1-14(2)11(15)8-18(16,17)7-9-4-3-5-13-10(9)6-12/h3-5H,6-8,12H2,1-2H3. The van der Waals surface area contributed by atoms with Gasteiger partial charge in [-0.1, -0.05) is 6.07 Å². The van der Waals surface area contributed by atoms with Crippen LogP contribution in [0.3, 0.4) is 0 Å². The largest absolute Gasteiger partial charge is 0.348 e. The highest BCUT2D eigenvalue weighted by Gasteiger charge is 2.20. The first-order valence-electron chi connectivity index (χ1n) is 5.39. The normalized spacial score (nSPS) is 11.3. The van der Waals surface area contributed by atoms with Gasteiger partial charge >= 0.3 is 0 Å². The Labute approximate surface area is 107 Å². The molecule has 0 aliphatic rings. The maximum atomic E-state index is 11.9. The van der Waals surface area contributed by atoms with Gasteiger partial charge in [0.1, 0.15) is 5.75 Å². The number of aromatic nitrogens is 1. The van der Waals surface area contributed by atoms with E-state index in [2.05, 4.69) is 4.98 Å². The average molecular weight is 271 g/mol. The van der Waals surface area contributed by atoms with Crippen molar-refractivity contribution >= 4 is 15.7 Å². The lowest BCUT2D eigenvalue weighted by molar-refractivity contribution is -0.125. The van der Waals surface area contributed by atoms with E-state index in [9.17, 15) is 13.2 Å². The number of hydrogen-bond donors (Lipinski definition) is 1. The molecule has 0 spiro atoms. The van der Waals surface area contributed by atoms with Crippen molar-refractivity contribution in [2.75, 3.05) is 19.8 Å². The van der Waals surface area contributed by atoms with E-state index in [4.69, 9.17) is 5.73 Å².